The molecule has 0 aromatic heterocycles. The SMILES string of the molecule is C[C@]1(OS(C)(=O)=O)C[C@H](SC(c2ccccc2)(c2ccccc2)c2ccccc2)CN1C(=O)OCc1ccc([N+](=O)[O-])cc1. The Morgan fingerprint density at radius 2 is 1.39 bits per heavy atom. The Labute approximate surface area is 261 Å². The fourth-order valence-electron chi connectivity index (χ4n) is 5.66. The maximum absolute atomic E-state index is 13.5. The predicted octanol–water partition coefficient (Wildman–Crippen LogP) is 6.72. The van der Waals surface area contributed by atoms with Gasteiger partial charge >= 0.3 is 6.09 Å². The number of non-ortho nitro benzene ring substituents is 1. The van der Waals surface area contributed by atoms with Crippen LogP contribution in [0.2, 0.25) is 0 Å². The molecule has 0 N–H and O–H groups in total. The van der Waals surface area contributed by atoms with Gasteiger partial charge in [-0.15, -0.1) is 11.8 Å². The van der Waals surface area contributed by atoms with Crippen LogP contribution in [-0.4, -0.2) is 48.1 Å². The third-order valence-electron chi connectivity index (χ3n) is 7.51. The van der Waals surface area contributed by atoms with E-state index in [1.165, 1.54) is 29.2 Å². The number of thioether (sulfide) groups is 1. The molecular weight excluding hydrogens is 601 g/mol. The maximum Gasteiger partial charge on any atom is 0.412 e. The van der Waals surface area contributed by atoms with Gasteiger partial charge in [-0.05, 0) is 41.3 Å². The fraction of sp³-hybridized carbons (Fsp3) is 0.242. The third-order valence-corrected chi connectivity index (χ3v) is 9.88. The molecule has 1 saturated heterocycles. The van der Waals surface area contributed by atoms with Crippen LogP contribution in [0.25, 0.3) is 0 Å². The van der Waals surface area contributed by atoms with E-state index in [0.717, 1.165) is 22.9 Å². The Hall–Kier alpha value is -4.19. The van der Waals surface area contributed by atoms with Crippen molar-refractivity contribution in [2.75, 3.05) is 12.8 Å². The van der Waals surface area contributed by atoms with Crippen LogP contribution in [0.3, 0.4) is 0 Å². The Bertz CT molecular complexity index is 1610. The van der Waals surface area contributed by atoms with Crippen molar-refractivity contribution in [1.29, 1.82) is 0 Å². The molecule has 9 nitrogen and oxygen atoms in total. The molecule has 5 rings (SSSR count). The minimum absolute atomic E-state index is 0.0765. The molecule has 2 atom stereocenters. The first-order valence-corrected chi connectivity index (χ1v) is 16.6. The van der Waals surface area contributed by atoms with Gasteiger partial charge < -0.3 is 4.74 Å². The van der Waals surface area contributed by atoms with Crippen LogP contribution in [0.4, 0.5) is 10.5 Å². The summed E-state index contributed by atoms with van der Waals surface area (Å²) in [7, 11) is -3.96. The summed E-state index contributed by atoms with van der Waals surface area (Å²) in [6, 6.07) is 36.0. The Morgan fingerprint density at radius 1 is 0.909 bits per heavy atom. The van der Waals surface area contributed by atoms with E-state index in [1.807, 2.05) is 54.6 Å². The van der Waals surface area contributed by atoms with Crippen LogP contribution in [0, 0.1) is 10.1 Å². The van der Waals surface area contributed by atoms with Gasteiger partial charge in [0.05, 0.1) is 15.9 Å². The largest absolute Gasteiger partial charge is 0.444 e. The number of hydrogen-bond acceptors (Lipinski definition) is 8. The van der Waals surface area contributed by atoms with E-state index in [9.17, 15) is 23.3 Å². The van der Waals surface area contributed by atoms with Gasteiger partial charge in [0.15, 0.2) is 5.72 Å². The lowest BCUT2D eigenvalue weighted by Crippen LogP contribution is -2.48. The van der Waals surface area contributed by atoms with Gasteiger partial charge in [0.1, 0.15) is 6.61 Å². The van der Waals surface area contributed by atoms with Crippen LogP contribution in [0.5, 0.6) is 0 Å². The fourth-order valence-corrected chi connectivity index (χ4v) is 8.40. The van der Waals surface area contributed by atoms with E-state index in [4.69, 9.17) is 8.92 Å². The lowest BCUT2D eigenvalue weighted by molar-refractivity contribution is -0.384. The molecule has 11 heteroatoms. The topological polar surface area (TPSA) is 116 Å². The molecule has 0 bridgehead atoms. The van der Waals surface area contributed by atoms with Crippen molar-refractivity contribution in [3.63, 3.8) is 0 Å². The smallest absolute Gasteiger partial charge is 0.412 e. The van der Waals surface area contributed by atoms with Crippen molar-refractivity contribution in [3.05, 3.63) is 148 Å². The van der Waals surface area contributed by atoms with Gasteiger partial charge in [-0.1, -0.05) is 91.0 Å². The summed E-state index contributed by atoms with van der Waals surface area (Å²) in [5.74, 6) is 0. The quantitative estimate of drug-likeness (QED) is 0.0819. The highest BCUT2D eigenvalue weighted by atomic mass is 32.2. The van der Waals surface area contributed by atoms with Crippen molar-refractivity contribution in [1.82, 2.24) is 4.90 Å². The average molecular weight is 633 g/mol. The van der Waals surface area contributed by atoms with Crippen LogP contribution >= 0.6 is 11.8 Å². The molecule has 1 aliphatic rings. The normalized spacial score (nSPS) is 18.6. The number of amides is 1. The molecule has 44 heavy (non-hydrogen) atoms. The van der Waals surface area contributed by atoms with Gasteiger partial charge in [-0.3, -0.25) is 15.0 Å². The Morgan fingerprint density at radius 3 is 1.82 bits per heavy atom. The molecule has 228 valence electrons. The van der Waals surface area contributed by atoms with Gasteiger partial charge in [-0.25, -0.2) is 8.98 Å². The van der Waals surface area contributed by atoms with E-state index in [0.29, 0.717) is 5.56 Å². The minimum Gasteiger partial charge on any atom is -0.444 e. The maximum atomic E-state index is 13.5. The summed E-state index contributed by atoms with van der Waals surface area (Å²) < 4.78 is 35.3. The number of nitrogens with zero attached hydrogens (tertiary/aromatic N) is 2. The second kappa shape index (κ2) is 12.8. The number of nitro groups is 1. The second-order valence-corrected chi connectivity index (χ2v) is 13.9. The number of hydrogen-bond donors (Lipinski definition) is 0. The highest BCUT2D eigenvalue weighted by Crippen LogP contribution is 2.53. The number of nitro benzene ring substituents is 1. The molecule has 4 aromatic rings. The predicted molar refractivity (Wildman–Crippen MR) is 170 cm³/mol. The van der Waals surface area contributed by atoms with Crippen LogP contribution in [0.15, 0.2) is 115 Å². The highest BCUT2D eigenvalue weighted by molar-refractivity contribution is 8.01. The van der Waals surface area contributed by atoms with E-state index in [2.05, 4.69) is 36.4 Å². The Kier molecular flexibility index (Phi) is 9.10. The second-order valence-electron chi connectivity index (χ2n) is 10.8. The van der Waals surface area contributed by atoms with Crippen LogP contribution in [0.1, 0.15) is 35.6 Å². The number of likely N-dealkylation sites (tertiary alicyclic amines) is 1. The summed E-state index contributed by atoms with van der Waals surface area (Å²) in [6.07, 6.45) is 0.426. The van der Waals surface area contributed by atoms with Crippen LogP contribution < -0.4 is 0 Å². The van der Waals surface area contributed by atoms with Crippen molar-refractivity contribution in [2.24, 2.45) is 0 Å². The monoisotopic (exact) mass is 632 g/mol. The zero-order valence-electron chi connectivity index (χ0n) is 24.2. The van der Waals surface area contributed by atoms with Gasteiger partial charge in [0.25, 0.3) is 15.8 Å². The lowest BCUT2D eigenvalue weighted by Gasteiger charge is -2.37. The summed E-state index contributed by atoms with van der Waals surface area (Å²) >= 11 is 1.64. The summed E-state index contributed by atoms with van der Waals surface area (Å²) in [5.41, 5.74) is 2.07. The number of benzene rings is 4. The third kappa shape index (κ3) is 6.80. The van der Waals surface area contributed by atoms with Crippen molar-refractivity contribution in [2.45, 2.75) is 35.7 Å². The van der Waals surface area contributed by atoms with E-state index in [-0.39, 0.29) is 30.5 Å². The summed E-state index contributed by atoms with van der Waals surface area (Å²) in [6.45, 7) is 1.59. The molecule has 0 saturated carbocycles. The first-order chi connectivity index (χ1) is 21.0. The Balaban J connectivity index is 1.49. The molecule has 1 amide bonds. The molecule has 0 unspecified atom stereocenters. The highest BCUT2D eigenvalue weighted by Gasteiger charge is 2.52. The van der Waals surface area contributed by atoms with Gasteiger partial charge in [-0.2, -0.15) is 8.42 Å². The number of rotatable bonds is 10. The van der Waals surface area contributed by atoms with Gasteiger partial charge in [0.2, 0.25) is 0 Å². The first kappa shape index (κ1) is 31.2. The molecule has 0 radical (unpaired) electrons. The number of carbonyl (C=O) groups is 1. The molecular formula is C33H32N2O7S2. The summed E-state index contributed by atoms with van der Waals surface area (Å²) in [5, 5.41) is 10.7. The van der Waals surface area contributed by atoms with E-state index in [1.54, 1.807) is 18.7 Å². The van der Waals surface area contributed by atoms with Crippen molar-refractivity contribution >= 4 is 33.7 Å². The van der Waals surface area contributed by atoms with Crippen molar-refractivity contribution in [3.8, 4) is 0 Å². The molecule has 4 aromatic carbocycles. The number of carbonyl (C=O) groups excluding carboxylic acids is 1. The zero-order valence-corrected chi connectivity index (χ0v) is 25.9. The molecule has 1 heterocycles. The van der Waals surface area contributed by atoms with Crippen molar-refractivity contribution < 1.29 is 27.1 Å². The first-order valence-electron chi connectivity index (χ1n) is 13.9. The molecule has 1 aliphatic heterocycles. The average Bonchev–Trinajstić information content (AvgIpc) is 3.33. The molecule has 1 fully saturated rings. The van der Waals surface area contributed by atoms with E-state index >= 15 is 0 Å². The lowest BCUT2D eigenvalue weighted by atomic mass is 9.84. The van der Waals surface area contributed by atoms with E-state index < -0.39 is 31.6 Å². The standard InChI is InChI=1S/C33H32N2O7S2/c1-32(42-44(2,39)40)22-30(23-34(32)31(36)41-24-25-18-20-29(21-19-25)35(37)38)43-33(26-12-6-3-7-13-26,27-14-8-4-9-15-27)28-16-10-5-11-17-28/h3-21,30H,22-24H2,1-2H3/t30-,32-/m0/s1. The number of ether oxygens (including phenoxy) is 1. The van der Waals surface area contributed by atoms with Gasteiger partial charge in [0, 0.05) is 30.3 Å². The minimum atomic E-state index is -3.96. The zero-order chi connectivity index (χ0) is 31.4. The van der Waals surface area contributed by atoms with Crippen LogP contribution in [-0.2, 0) is 30.4 Å². The molecule has 0 spiro atoms. The summed E-state index contributed by atoms with van der Waals surface area (Å²) in [4.78, 5) is 25.3. The molecule has 0 aliphatic carbocycles.